The van der Waals surface area contributed by atoms with Crippen molar-refractivity contribution in [2.75, 3.05) is 37.6 Å². The predicted octanol–water partition coefficient (Wildman–Crippen LogP) is 3.95. The van der Waals surface area contributed by atoms with E-state index < -0.39 is 0 Å². The van der Waals surface area contributed by atoms with Crippen molar-refractivity contribution in [3.05, 3.63) is 65.5 Å². The first-order valence-corrected chi connectivity index (χ1v) is 8.89. The first-order chi connectivity index (χ1) is 12.0. The lowest BCUT2D eigenvalue weighted by Gasteiger charge is -2.35. The van der Waals surface area contributed by atoms with Crippen molar-refractivity contribution in [2.24, 2.45) is 0 Å². The molecule has 0 atom stereocenters. The summed E-state index contributed by atoms with van der Waals surface area (Å²) < 4.78 is 13.0. The van der Waals surface area contributed by atoms with Crippen LogP contribution in [-0.4, -0.2) is 43.4 Å². The monoisotopic (exact) mass is 340 g/mol. The molecule has 1 aliphatic rings. The van der Waals surface area contributed by atoms with Crippen LogP contribution in [0.1, 0.15) is 35.7 Å². The second kappa shape index (κ2) is 7.79. The number of piperazine rings is 1. The van der Waals surface area contributed by atoms with Crippen molar-refractivity contribution in [1.29, 1.82) is 0 Å². The maximum Gasteiger partial charge on any atom is 0.176 e. The van der Waals surface area contributed by atoms with Crippen molar-refractivity contribution >= 4 is 11.5 Å². The van der Waals surface area contributed by atoms with E-state index in [1.165, 1.54) is 17.7 Å². The van der Waals surface area contributed by atoms with Crippen molar-refractivity contribution in [3.63, 3.8) is 0 Å². The van der Waals surface area contributed by atoms with Crippen LogP contribution in [0.5, 0.6) is 0 Å². The van der Waals surface area contributed by atoms with Crippen LogP contribution in [0.15, 0.2) is 48.5 Å². The number of rotatable bonds is 5. The van der Waals surface area contributed by atoms with Crippen molar-refractivity contribution < 1.29 is 9.18 Å². The molecule has 25 heavy (non-hydrogen) atoms. The zero-order chi connectivity index (χ0) is 17.8. The first kappa shape index (κ1) is 17.6. The van der Waals surface area contributed by atoms with Crippen molar-refractivity contribution in [1.82, 2.24) is 4.90 Å². The SMILES string of the molecule is CC(C)c1ccc(C(=O)CN2CCN(c3ccc(F)cc3)CC2)cc1. The third-order valence-electron chi connectivity index (χ3n) is 4.83. The fraction of sp³-hybridized carbons (Fsp3) is 0.381. The fourth-order valence-corrected chi connectivity index (χ4v) is 3.16. The molecule has 1 saturated heterocycles. The Bertz CT molecular complexity index is 702. The summed E-state index contributed by atoms with van der Waals surface area (Å²) in [6.07, 6.45) is 0. The second-order valence-electron chi connectivity index (χ2n) is 6.94. The number of benzene rings is 2. The molecule has 0 N–H and O–H groups in total. The lowest BCUT2D eigenvalue weighted by Crippen LogP contribution is -2.48. The third kappa shape index (κ3) is 4.45. The van der Waals surface area contributed by atoms with Gasteiger partial charge in [0.25, 0.3) is 0 Å². The van der Waals surface area contributed by atoms with Crippen molar-refractivity contribution in [2.45, 2.75) is 19.8 Å². The minimum atomic E-state index is -0.212. The molecule has 0 bridgehead atoms. The molecule has 1 aliphatic heterocycles. The number of hydrogen-bond acceptors (Lipinski definition) is 3. The molecular weight excluding hydrogens is 315 g/mol. The van der Waals surface area contributed by atoms with Crippen LogP contribution in [0.25, 0.3) is 0 Å². The van der Waals surface area contributed by atoms with Gasteiger partial charge >= 0.3 is 0 Å². The van der Waals surface area contributed by atoms with Crippen LogP contribution < -0.4 is 4.90 Å². The summed E-state index contributed by atoms with van der Waals surface area (Å²) in [6, 6.07) is 14.6. The summed E-state index contributed by atoms with van der Waals surface area (Å²) in [4.78, 5) is 16.9. The van der Waals surface area contributed by atoms with Gasteiger partial charge in [-0.15, -0.1) is 0 Å². The molecule has 4 heteroatoms. The summed E-state index contributed by atoms with van der Waals surface area (Å²) in [5, 5.41) is 0. The van der Waals surface area contributed by atoms with Gasteiger partial charge in [0, 0.05) is 37.4 Å². The Kier molecular flexibility index (Phi) is 5.49. The Morgan fingerprint density at radius 3 is 2.12 bits per heavy atom. The highest BCUT2D eigenvalue weighted by atomic mass is 19.1. The lowest BCUT2D eigenvalue weighted by atomic mass is 10.0. The van der Waals surface area contributed by atoms with Crippen LogP contribution in [0, 0.1) is 5.82 Å². The van der Waals surface area contributed by atoms with E-state index in [0.29, 0.717) is 12.5 Å². The van der Waals surface area contributed by atoms with Gasteiger partial charge in [-0.25, -0.2) is 4.39 Å². The molecule has 132 valence electrons. The summed E-state index contributed by atoms with van der Waals surface area (Å²) >= 11 is 0. The number of carbonyl (C=O) groups excluding carboxylic acids is 1. The van der Waals surface area contributed by atoms with Gasteiger partial charge in [0.15, 0.2) is 5.78 Å². The molecule has 0 unspecified atom stereocenters. The van der Waals surface area contributed by atoms with Crippen LogP contribution in [0.3, 0.4) is 0 Å². The smallest absolute Gasteiger partial charge is 0.176 e. The largest absolute Gasteiger partial charge is 0.369 e. The molecule has 0 spiro atoms. The van der Waals surface area contributed by atoms with Crippen LogP contribution >= 0.6 is 0 Å². The summed E-state index contributed by atoms with van der Waals surface area (Å²) in [6.45, 7) is 8.14. The Morgan fingerprint density at radius 1 is 0.960 bits per heavy atom. The van der Waals surface area contributed by atoms with E-state index in [1.54, 1.807) is 0 Å². The number of carbonyl (C=O) groups is 1. The van der Waals surface area contributed by atoms with Crippen LogP contribution in [-0.2, 0) is 0 Å². The summed E-state index contributed by atoms with van der Waals surface area (Å²) in [5.41, 5.74) is 3.08. The average Bonchev–Trinajstić information content (AvgIpc) is 2.63. The molecule has 2 aromatic carbocycles. The first-order valence-electron chi connectivity index (χ1n) is 8.89. The number of halogens is 1. The second-order valence-corrected chi connectivity index (χ2v) is 6.94. The molecule has 0 aromatic heterocycles. The lowest BCUT2D eigenvalue weighted by molar-refractivity contribution is 0.0926. The number of Topliss-reactive ketones (excluding diaryl/α,β-unsaturated/α-hetero) is 1. The molecule has 3 rings (SSSR count). The molecule has 0 amide bonds. The quantitative estimate of drug-likeness (QED) is 0.770. The van der Waals surface area contributed by atoms with E-state index in [2.05, 4.69) is 23.6 Å². The topological polar surface area (TPSA) is 23.6 Å². The maximum atomic E-state index is 13.0. The van der Waals surface area contributed by atoms with Gasteiger partial charge in [-0.05, 0) is 35.7 Å². The minimum Gasteiger partial charge on any atom is -0.369 e. The molecule has 0 aliphatic carbocycles. The summed E-state index contributed by atoms with van der Waals surface area (Å²) in [5.74, 6) is 0.436. The van der Waals surface area contributed by atoms with E-state index in [4.69, 9.17) is 0 Å². The average molecular weight is 340 g/mol. The van der Waals surface area contributed by atoms with Gasteiger partial charge in [-0.3, -0.25) is 9.69 Å². The standard InChI is InChI=1S/C21H25FN2O/c1-16(2)17-3-5-18(6-4-17)21(25)15-23-11-13-24(14-12-23)20-9-7-19(22)8-10-20/h3-10,16H,11-15H2,1-2H3. The number of anilines is 1. The number of nitrogens with zero attached hydrogens (tertiary/aromatic N) is 2. The van der Waals surface area contributed by atoms with E-state index in [0.717, 1.165) is 37.4 Å². The molecule has 0 saturated carbocycles. The van der Waals surface area contributed by atoms with Crippen LogP contribution in [0.4, 0.5) is 10.1 Å². The van der Waals surface area contributed by atoms with Gasteiger partial charge < -0.3 is 4.90 Å². The Labute approximate surface area is 149 Å². The van der Waals surface area contributed by atoms with Gasteiger partial charge in [-0.1, -0.05) is 38.1 Å². The van der Waals surface area contributed by atoms with Crippen molar-refractivity contribution in [3.8, 4) is 0 Å². The zero-order valence-electron chi connectivity index (χ0n) is 14.9. The summed E-state index contributed by atoms with van der Waals surface area (Å²) in [7, 11) is 0. The molecule has 1 heterocycles. The van der Waals surface area contributed by atoms with E-state index in [1.807, 2.05) is 36.4 Å². The van der Waals surface area contributed by atoms with E-state index >= 15 is 0 Å². The highest BCUT2D eigenvalue weighted by molar-refractivity contribution is 5.97. The molecule has 3 nitrogen and oxygen atoms in total. The molecule has 1 fully saturated rings. The fourth-order valence-electron chi connectivity index (χ4n) is 3.16. The van der Waals surface area contributed by atoms with Gasteiger partial charge in [0.05, 0.1) is 6.54 Å². The van der Waals surface area contributed by atoms with Gasteiger partial charge in [0.2, 0.25) is 0 Å². The number of ketones is 1. The maximum absolute atomic E-state index is 13.0. The highest BCUT2D eigenvalue weighted by Gasteiger charge is 2.20. The Balaban J connectivity index is 1.53. The number of hydrogen-bond donors (Lipinski definition) is 0. The Morgan fingerprint density at radius 2 is 1.56 bits per heavy atom. The predicted molar refractivity (Wildman–Crippen MR) is 99.9 cm³/mol. The molecule has 2 aromatic rings. The highest BCUT2D eigenvalue weighted by Crippen LogP contribution is 2.18. The third-order valence-corrected chi connectivity index (χ3v) is 4.83. The normalized spacial score (nSPS) is 15.6. The van der Waals surface area contributed by atoms with E-state index in [-0.39, 0.29) is 11.6 Å². The van der Waals surface area contributed by atoms with Crippen LogP contribution in [0.2, 0.25) is 0 Å². The molecular formula is C21H25FN2O. The zero-order valence-corrected chi connectivity index (χ0v) is 14.9. The van der Waals surface area contributed by atoms with Gasteiger partial charge in [0.1, 0.15) is 5.82 Å². The van der Waals surface area contributed by atoms with Gasteiger partial charge in [-0.2, -0.15) is 0 Å². The van der Waals surface area contributed by atoms with E-state index in [9.17, 15) is 9.18 Å². The minimum absolute atomic E-state index is 0.172. The Hall–Kier alpha value is -2.20. The molecule has 0 radical (unpaired) electrons.